The van der Waals surface area contributed by atoms with Crippen LogP contribution >= 0.6 is 0 Å². The lowest BCUT2D eigenvalue weighted by Crippen LogP contribution is -2.48. The summed E-state index contributed by atoms with van der Waals surface area (Å²) in [6.45, 7) is 1.76. The van der Waals surface area contributed by atoms with Crippen molar-refractivity contribution in [2.75, 3.05) is 14.1 Å². The Hall–Kier alpha value is -3.24. The summed E-state index contributed by atoms with van der Waals surface area (Å²) in [6, 6.07) is 13.2. The summed E-state index contributed by atoms with van der Waals surface area (Å²) in [5.41, 5.74) is 1.75. The van der Waals surface area contributed by atoms with Gasteiger partial charge in [0.25, 0.3) is 11.8 Å². The molecule has 1 aliphatic heterocycles. The molecule has 1 heterocycles. The summed E-state index contributed by atoms with van der Waals surface area (Å²) in [7, 11) is -0.830. The molecule has 1 saturated heterocycles. The SMILES string of the molecule is CCC1(c2ccccc2)NC(=O)N(NC(=O)c2ccc(S(=O)(=O)N(C)C)cc2)C1=O. The molecule has 9 nitrogen and oxygen atoms in total. The van der Waals surface area contributed by atoms with E-state index >= 15 is 0 Å². The number of nitrogens with zero attached hydrogens (tertiary/aromatic N) is 2. The number of carbonyl (C=O) groups excluding carboxylic acids is 3. The Morgan fingerprint density at radius 3 is 2.20 bits per heavy atom. The first-order valence-corrected chi connectivity index (χ1v) is 10.6. The molecule has 3 rings (SSSR count). The van der Waals surface area contributed by atoms with E-state index in [9.17, 15) is 22.8 Å². The quantitative estimate of drug-likeness (QED) is 0.673. The largest absolute Gasteiger partial charge is 0.344 e. The number of rotatable bonds is 6. The first-order chi connectivity index (χ1) is 14.1. The summed E-state index contributed by atoms with van der Waals surface area (Å²) >= 11 is 0. The summed E-state index contributed by atoms with van der Waals surface area (Å²) in [4.78, 5) is 38.1. The lowest BCUT2D eigenvalue weighted by atomic mass is 9.87. The van der Waals surface area contributed by atoms with Crippen LogP contribution in [0.2, 0.25) is 0 Å². The molecule has 2 aromatic carbocycles. The average molecular weight is 430 g/mol. The highest BCUT2D eigenvalue weighted by Gasteiger charge is 2.52. The van der Waals surface area contributed by atoms with Gasteiger partial charge in [0, 0.05) is 19.7 Å². The van der Waals surface area contributed by atoms with Crippen molar-refractivity contribution in [2.45, 2.75) is 23.8 Å². The third kappa shape index (κ3) is 3.55. The molecule has 158 valence electrons. The Bertz CT molecular complexity index is 1080. The van der Waals surface area contributed by atoms with Crippen molar-refractivity contribution in [2.24, 2.45) is 0 Å². The molecule has 1 atom stereocenters. The van der Waals surface area contributed by atoms with Crippen molar-refractivity contribution in [1.29, 1.82) is 0 Å². The number of hydrazine groups is 1. The van der Waals surface area contributed by atoms with Crippen molar-refractivity contribution < 1.29 is 22.8 Å². The van der Waals surface area contributed by atoms with Gasteiger partial charge in [-0.25, -0.2) is 17.5 Å². The van der Waals surface area contributed by atoms with Gasteiger partial charge in [0.05, 0.1) is 4.90 Å². The van der Waals surface area contributed by atoms with Gasteiger partial charge in [-0.3, -0.25) is 15.0 Å². The maximum absolute atomic E-state index is 13.0. The first kappa shape index (κ1) is 21.5. The third-order valence-corrected chi connectivity index (χ3v) is 6.83. The van der Waals surface area contributed by atoms with E-state index < -0.39 is 33.4 Å². The minimum Gasteiger partial charge on any atom is -0.318 e. The van der Waals surface area contributed by atoms with Crippen LogP contribution in [0.25, 0.3) is 0 Å². The molecule has 0 saturated carbocycles. The Morgan fingerprint density at radius 2 is 1.67 bits per heavy atom. The second-order valence-corrected chi connectivity index (χ2v) is 9.10. The number of amides is 4. The summed E-state index contributed by atoms with van der Waals surface area (Å²) in [6.07, 6.45) is 0.297. The van der Waals surface area contributed by atoms with Crippen LogP contribution < -0.4 is 10.7 Å². The molecule has 30 heavy (non-hydrogen) atoms. The molecule has 10 heteroatoms. The fourth-order valence-corrected chi connectivity index (χ4v) is 4.10. The number of urea groups is 1. The van der Waals surface area contributed by atoms with Gasteiger partial charge in [-0.2, -0.15) is 5.01 Å². The van der Waals surface area contributed by atoms with Crippen LogP contribution in [0.4, 0.5) is 4.79 Å². The number of imide groups is 1. The van der Waals surface area contributed by atoms with Crippen LogP contribution in [0, 0.1) is 0 Å². The summed E-state index contributed by atoms with van der Waals surface area (Å²) < 4.78 is 25.3. The van der Waals surface area contributed by atoms with Gasteiger partial charge in [0.15, 0.2) is 0 Å². The lowest BCUT2D eigenvalue weighted by Gasteiger charge is -2.25. The van der Waals surface area contributed by atoms with E-state index in [1.165, 1.54) is 38.4 Å². The number of hydrogen-bond acceptors (Lipinski definition) is 5. The van der Waals surface area contributed by atoms with Crippen LogP contribution in [-0.4, -0.2) is 49.7 Å². The monoisotopic (exact) mass is 430 g/mol. The number of nitrogens with one attached hydrogen (secondary N) is 2. The van der Waals surface area contributed by atoms with Gasteiger partial charge in [-0.15, -0.1) is 0 Å². The number of sulfonamides is 1. The van der Waals surface area contributed by atoms with Crippen molar-refractivity contribution in [3.63, 3.8) is 0 Å². The highest BCUT2D eigenvalue weighted by atomic mass is 32.2. The Kier molecular flexibility index (Phi) is 5.64. The van der Waals surface area contributed by atoms with E-state index in [-0.39, 0.29) is 10.5 Å². The van der Waals surface area contributed by atoms with Crippen molar-refractivity contribution in [3.8, 4) is 0 Å². The molecule has 1 fully saturated rings. The molecule has 2 aromatic rings. The summed E-state index contributed by atoms with van der Waals surface area (Å²) in [5, 5.41) is 3.33. The van der Waals surface area contributed by atoms with Gasteiger partial charge in [0.2, 0.25) is 10.0 Å². The Labute approximate surface area is 174 Å². The standard InChI is InChI=1S/C20H22N4O5S/c1-4-20(15-8-6-5-7-9-15)18(26)24(19(27)21-20)22-17(25)14-10-12-16(13-11-14)30(28,29)23(2)3/h5-13H,4H2,1-3H3,(H,21,27)(H,22,25). The van der Waals surface area contributed by atoms with E-state index in [4.69, 9.17) is 0 Å². The van der Waals surface area contributed by atoms with E-state index in [1.807, 2.05) is 0 Å². The topological polar surface area (TPSA) is 116 Å². The zero-order valence-corrected chi connectivity index (χ0v) is 17.6. The minimum absolute atomic E-state index is 0.0214. The molecule has 0 aliphatic carbocycles. The van der Waals surface area contributed by atoms with E-state index in [0.29, 0.717) is 17.0 Å². The van der Waals surface area contributed by atoms with Gasteiger partial charge in [-0.05, 0) is 36.2 Å². The second-order valence-electron chi connectivity index (χ2n) is 6.95. The third-order valence-electron chi connectivity index (χ3n) is 5.00. The van der Waals surface area contributed by atoms with Crippen LogP contribution in [-0.2, 0) is 20.4 Å². The predicted molar refractivity (Wildman–Crippen MR) is 109 cm³/mol. The Morgan fingerprint density at radius 1 is 1.07 bits per heavy atom. The number of hydrogen-bond donors (Lipinski definition) is 2. The smallest absolute Gasteiger partial charge is 0.318 e. The lowest BCUT2D eigenvalue weighted by molar-refractivity contribution is -0.133. The molecule has 0 spiro atoms. The van der Waals surface area contributed by atoms with E-state index in [1.54, 1.807) is 37.3 Å². The zero-order valence-electron chi connectivity index (χ0n) is 16.7. The maximum atomic E-state index is 13.0. The van der Waals surface area contributed by atoms with Gasteiger partial charge < -0.3 is 5.32 Å². The minimum atomic E-state index is -3.64. The molecule has 2 N–H and O–H groups in total. The van der Waals surface area contributed by atoms with Crippen LogP contribution in [0.15, 0.2) is 59.5 Å². The van der Waals surface area contributed by atoms with E-state index in [0.717, 1.165) is 4.31 Å². The van der Waals surface area contributed by atoms with Crippen LogP contribution in [0.5, 0.6) is 0 Å². The molecular weight excluding hydrogens is 408 g/mol. The van der Waals surface area contributed by atoms with Crippen LogP contribution in [0.3, 0.4) is 0 Å². The zero-order chi connectivity index (χ0) is 22.1. The fraction of sp³-hybridized carbons (Fsp3) is 0.250. The highest BCUT2D eigenvalue weighted by Crippen LogP contribution is 2.31. The predicted octanol–water partition coefficient (Wildman–Crippen LogP) is 1.44. The fourth-order valence-electron chi connectivity index (χ4n) is 3.19. The highest BCUT2D eigenvalue weighted by molar-refractivity contribution is 7.89. The van der Waals surface area contributed by atoms with Gasteiger partial charge in [-0.1, -0.05) is 37.3 Å². The van der Waals surface area contributed by atoms with Crippen molar-refractivity contribution >= 4 is 27.9 Å². The molecule has 0 bridgehead atoms. The van der Waals surface area contributed by atoms with Crippen molar-refractivity contribution in [1.82, 2.24) is 20.1 Å². The molecule has 0 aromatic heterocycles. The van der Waals surface area contributed by atoms with Gasteiger partial charge in [0.1, 0.15) is 5.54 Å². The van der Waals surface area contributed by atoms with Crippen molar-refractivity contribution in [3.05, 3.63) is 65.7 Å². The number of carbonyl (C=O) groups is 3. The molecular formula is C20H22N4O5S. The molecule has 1 aliphatic rings. The molecule has 1 unspecified atom stereocenters. The number of benzene rings is 2. The average Bonchev–Trinajstić information content (AvgIpc) is 2.99. The summed E-state index contributed by atoms with van der Waals surface area (Å²) in [5.74, 6) is -1.31. The second kappa shape index (κ2) is 7.88. The molecule has 4 amide bonds. The Balaban J connectivity index is 1.82. The maximum Gasteiger partial charge on any atom is 0.344 e. The molecule has 0 radical (unpaired) electrons. The normalized spacial score (nSPS) is 19.1. The van der Waals surface area contributed by atoms with E-state index in [2.05, 4.69) is 10.7 Å². The van der Waals surface area contributed by atoms with Crippen LogP contribution in [0.1, 0.15) is 29.3 Å². The first-order valence-electron chi connectivity index (χ1n) is 9.19. The van der Waals surface area contributed by atoms with Gasteiger partial charge >= 0.3 is 6.03 Å².